The van der Waals surface area contributed by atoms with E-state index in [9.17, 15) is 0 Å². The van der Waals surface area contributed by atoms with Crippen molar-refractivity contribution in [2.75, 3.05) is 0 Å². The summed E-state index contributed by atoms with van der Waals surface area (Å²) in [4.78, 5) is 1.33. The molecule has 124 valence electrons. The Morgan fingerprint density at radius 1 is 1.21 bits per heavy atom. The van der Waals surface area contributed by atoms with Crippen molar-refractivity contribution in [1.29, 1.82) is 0 Å². The molecule has 3 rings (SSSR count). The fourth-order valence-corrected chi connectivity index (χ4v) is 4.42. The van der Waals surface area contributed by atoms with E-state index in [1.165, 1.54) is 27.1 Å². The Bertz CT molecular complexity index is 861. The number of allylic oxidation sites excluding steroid dienone is 1. The highest BCUT2D eigenvalue weighted by molar-refractivity contribution is 7.98. The predicted molar refractivity (Wildman–Crippen MR) is 104 cm³/mol. The van der Waals surface area contributed by atoms with E-state index in [1.54, 1.807) is 23.1 Å². The van der Waals surface area contributed by atoms with E-state index in [-0.39, 0.29) is 0 Å². The Labute approximate surface area is 151 Å². The number of hydrogen-bond donors (Lipinski definition) is 0. The van der Waals surface area contributed by atoms with Crippen LogP contribution >= 0.6 is 23.1 Å². The molecule has 0 amide bonds. The minimum Gasteiger partial charge on any atom is -0.298 e. The molecule has 3 nitrogen and oxygen atoms in total. The van der Waals surface area contributed by atoms with Crippen LogP contribution in [0.25, 0.3) is 11.4 Å². The first-order valence-electron chi connectivity index (χ1n) is 7.88. The third-order valence-electron chi connectivity index (χ3n) is 4.17. The van der Waals surface area contributed by atoms with Gasteiger partial charge < -0.3 is 0 Å². The molecule has 0 saturated heterocycles. The van der Waals surface area contributed by atoms with Gasteiger partial charge in [-0.05, 0) is 37.5 Å². The van der Waals surface area contributed by atoms with Gasteiger partial charge in [-0.1, -0.05) is 42.1 Å². The molecule has 0 unspecified atom stereocenters. The largest absolute Gasteiger partial charge is 0.298 e. The van der Waals surface area contributed by atoms with Crippen LogP contribution in [-0.2, 0) is 12.3 Å². The van der Waals surface area contributed by atoms with Gasteiger partial charge in [-0.25, -0.2) is 0 Å². The van der Waals surface area contributed by atoms with Crippen molar-refractivity contribution in [3.8, 4) is 11.4 Å². The number of aryl methyl sites for hydroxylation is 2. The zero-order valence-corrected chi connectivity index (χ0v) is 15.9. The summed E-state index contributed by atoms with van der Waals surface area (Å²) in [5.74, 6) is 1.83. The van der Waals surface area contributed by atoms with Crippen LogP contribution in [0.15, 0.2) is 47.5 Å². The molecule has 0 aliphatic heterocycles. The second-order valence-corrected chi connectivity index (χ2v) is 7.78. The molecular formula is C19H21N3S2. The van der Waals surface area contributed by atoms with Gasteiger partial charge in [0.05, 0.1) is 0 Å². The Morgan fingerprint density at radius 2 is 2.00 bits per heavy atom. The third kappa shape index (κ3) is 3.32. The second-order valence-electron chi connectivity index (χ2n) is 5.75. The Kier molecular flexibility index (Phi) is 5.21. The van der Waals surface area contributed by atoms with Crippen LogP contribution in [0.1, 0.15) is 21.6 Å². The summed E-state index contributed by atoms with van der Waals surface area (Å²) in [5.41, 5.74) is 5.10. The summed E-state index contributed by atoms with van der Waals surface area (Å²) in [7, 11) is 0. The molecule has 0 saturated carbocycles. The summed E-state index contributed by atoms with van der Waals surface area (Å²) in [6.07, 6.45) is 1.90. The maximum Gasteiger partial charge on any atom is 0.192 e. The smallest absolute Gasteiger partial charge is 0.192 e. The minimum absolute atomic E-state index is 0.715. The molecule has 0 bridgehead atoms. The molecule has 2 heterocycles. The third-order valence-corrected chi connectivity index (χ3v) is 6.20. The van der Waals surface area contributed by atoms with Gasteiger partial charge in [-0.3, -0.25) is 4.57 Å². The van der Waals surface area contributed by atoms with Crippen molar-refractivity contribution < 1.29 is 0 Å². The van der Waals surface area contributed by atoms with Crippen LogP contribution in [0.2, 0.25) is 0 Å². The van der Waals surface area contributed by atoms with Gasteiger partial charge in [0.25, 0.3) is 0 Å². The van der Waals surface area contributed by atoms with Crippen LogP contribution in [0.4, 0.5) is 0 Å². The number of hydrogen-bond acceptors (Lipinski definition) is 4. The predicted octanol–water partition coefficient (Wildman–Crippen LogP) is 5.41. The van der Waals surface area contributed by atoms with Gasteiger partial charge in [-0.15, -0.1) is 28.1 Å². The van der Waals surface area contributed by atoms with Crippen molar-refractivity contribution in [2.24, 2.45) is 0 Å². The van der Waals surface area contributed by atoms with Crippen LogP contribution in [0.5, 0.6) is 0 Å². The molecule has 0 aliphatic rings. The van der Waals surface area contributed by atoms with Crippen LogP contribution < -0.4 is 0 Å². The van der Waals surface area contributed by atoms with E-state index < -0.39 is 0 Å². The molecule has 3 aromatic rings. The first kappa shape index (κ1) is 17.0. The van der Waals surface area contributed by atoms with Gasteiger partial charge >= 0.3 is 0 Å². The molecule has 2 aromatic heterocycles. The lowest BCUT2D eigenvalue weighted by Gasteiger charge is -2.08. The Morgan fingerprint density at radius 3 is 2.67 bits per heavy atom. The van der Waals surface area contributed by atoms with Crippen molar-refractivity contribution >= 4 is 23.1 Å². The van der Waals surface area contributed by atoms with Crippen LogP contribution in [0, 0.1) is 20.8 Å². The Hall–Kier alpha value is -1.85. The summed E-state index contributed by atoms with van der Waals surface area (Å²) in [6, 6.07) is 8.47. The molecule has 0 spiro atoms. The van der Waals surface area contributed by atoms with E-state index in [1.807, 2.05) is 6.08 Å². The van der Waals surface area contributed by atoms with Gasteiger partial charge in [0.2, 0.25) is 0 Å². The molecule has 0 radical (unpaired) electrons. The molecule has 0 fully saturated rings. The fourth-order valence-electron chi connectivity index (χ4n) is 2.54. The van der Waals surface area contributed by atoms with E-state index in [0.29, 0.717) is 6.54 Å². The number of benzene rings is 1. The number of aromatic nitrogens is 3. The second kappa shape index (κ2) is 7.36. The highest BCUT2D eigenvalue weighted by Crippen LogP contribution is 2.32. The van der Waals surface area contributed by atoms with Gasteiger partial charge in [-0.2, -0.15) is 0 Å². The van der Waals surface area contributed by atoms with E-state index in [4.69, 9.17) is 0 Å². The molecule has 1 aromatic carbocycles. The zero-order valence-electron chi connectivity index (χ0n) is 14.2. The van der Waals surface area contributed by atoms with Crippen molar-refractivity contribution in [2.45, 2.75) is 38.2 Å². The summed E-state index contributed by atoms with van der Waals surface area (Å²) in [6.45, 7) is 11.0. The molecule has 0 N–H and O–H groups in total. The first-order valence-corrected chi connectivity index (χ1v) is 9.74. The lowest BCUT2D eigenvalue weighted by Crippen LogP contribution is -2.01. The topological polar surface area (TPSA) is 30.7 Å². The van der Waals surface area contributed by atoms with E-state index in [0.717, 1.165) is 16.7 Å². The molecule has 0 atom stereocenters. The SMILES string of the molecule is C=CCn1c(SCc2ccccc2C)nnc1-c1csc(C)c1C. The number of thiophene rings is 1. The quantitative estimate of drug-likeness (QED) is 0.437. The highest BCUT2D eigenvalue weighted by atomic mass is 32.2. The fraction of sp³-hybridized carbons (Fsp3) is 0.263. The van der Waals surface area contributed by atoms with Crippen molar-refractivity contribution in [3.05, 3.63) is 63.9 Å². The average molecular weight is 356 g/mol. The van der Waals surface area contributed by atoms with Crippen LogP contribution in [0.3, 0.4) is 0 Å². The molecular weight excluding hydrogens is 334 g/mol. The van der Waals surface area contributed by atoms with E-state index >= 15 is 0 Å². The summed E-state index contributed by atoms with van der Waals surface area (Å²) in [5, 5.41) is 12.0. The molecule has 24 heavy (non-hydrogen) atoms. The lowest BCUT2D eigenvalue weighted by molar-refractivity contribution is 0.731. The first-order chi connectivity index (χ1) is 11.6. The Balaban J connectivity index is 1.90. The summed E-state index contributed by atoms with van der Waals surface area (Å²) >= 11 is 3.49. The van der Waals surface area contributed by atoms with Crippen molar-refractivity contribution in [3.63, 3.8) is 0 Å². The van der Waals surface area contributed by atoms with Gasteiger partial charge in [0, 0.05) is 28.1 Å². The number of thioether (sulfide) groups is 1. The van der Waals surface area contributed by atoms with Crippen molar-refractivity contribution in [1.82, 2.24) is 14.8 Å². The highest BCUT2D eigenvalue weighted by Gasteiger charge is 2.17. The maximum atomic E-state index is 4.46. The average Bonchev–Trinajstić information content (AvgIpc) is 3.11. The molecule has 0 aliphatic carbocycles. The monoisotopic (exact) mass is 355 g/mol. The lowest BCUT2D eigenvalue weighted by atomic mass is 10.1. The normalized spacial score (nSPS) is 11.0. The van der Waals surface area contributed by atoms with E-state index in [2.05, 4.69) is 71.8 Å². The number of rotatable bonds is 6. The summed E-state index contributed by atoms with van der Waals surface area (Å²) < 4.78 is 2.16. The maximum absolute atomic E-state index is 4.46. The minimum atomic E-state index is 0.715. The molecule has 5 heteroatoms. The van der Waals surface area contributed by atoms with Crippen LogP contribution in [-0.4, -0.2) is 14.8 Å². The van der Waals surface area contributed by atoms with Gasteiger partial charge in [0.1, 0.15) is 0 Å². The number of nitrogens with zero attached hydrogens (tertiary/aromatic N) is 3. The van der Waals surface area contributed by atoms with Gasteiger partial charge in [0.15, 0.2) is 11.0 Å². The zero-order chi connectivity index (χ0) is 17.1. The standard InChI is InChI=1S/C19H21N3S2/c1-5-10-22-18(17-12-23-15(4)14(17)3)20-21-19(22)24-11-16-9-7-6-8-13(16)2/h5-9,12H,1,10-11H2,2-4H3.